The van der Waals surface area contributed by atoms with E-state index in [0.29, 0.717) is 5.69 Å². The number of rotatable bonds is 5. The molecule has 22 heavy (non-hydrogen) atoms. The molecule has 0 aliphatic heterocycles. The SMILES string of the molecule is Cc1ccc(S(=O)(=O)N(CC(N)=O)c2ccc(I)cc2)cc1. The summed E-state index contributed by atoms with van der Waals surface area (Å²) in [7, 11) is -3.85. The van der Waals surface area contributed by atoms with Crippen molar-refractivity contribution in [2.75, 3.05) is 10.8 Å². The number of carbonyl (C=O) groups is 1. The number of aryl methyl sites for hydroxylation is 1. The number of hydrogen-bond donors (Lipinski definition) is 1. The predicted molar refractivity (Wildman–Crippen MR) is 94.1 cm³/mol. The summed E-state index contributed by atoms with van der Waals surface area (Å²) in [6, 6.07) is 13.3. The Labute approximate surface area is 143 Å². The highest BCUT2D eigenvalue weighted by atomic mass is 127. The van der Waals surface area contributed by atoms with E-state index < -0.39 is 22.5 Å². The van der Waals surface area contributed by atoms with Gasteiger partial charge in [-0.25, -0.2) is 8.42 Å². The fraction of sp³-hybridized carbons (Fsp3) is 0.133. The number of nitrogens with zero attached hydrogens (tertiary/aromatic N) is 1. The third-order valence-electron chi connectivity index (χ3n) is 3.02. The predicted octanol–water partition coefficient (Wildman–Crippen LogP) is 2.28. The lowest BCUT2D eigenvalue weighted by Gasteiger charge is -2.23. The first-order valence-electron chi connectivity index (χ1n) is 6.44. The van der Waals surface area contributed by atoms with Gasteiger partial charge in [0.1, 0.15) is 6.54 Å². The van der Waals surface area contributed by atoms with Crippen LogP contribution in [0.4, 0.5) is 5.69 Å². The third kappa shape index (κ3) is 3.77. The lowest BCUT2D eigenvalue weighted by molar-refractivity contribution is -0.116. The van der Waals surface area contributed by atoms with Crippen LogP contribution in [0.3, 0.4) is 0 Å². The molecule has 1 amide bonds. The van der Waals surface area contributed by atoms with E-state index in [-0.39, 0.29) is 4.90 Å². The Morgan fingerprint density at radius 3 is 2.14 bits per heavy atom. The monoisotopic (exact) mass is 430 g/mol. The summed E-state index contributed by atoms with van der Waals surface area (Å²) in [6.45, 7) is 1.47. The molecule has 2 rings (SSSR count). The highest BCUT2D eigenvalue weighted by molar-refractivity contribution is 14.1. The fourth-order valence-corrected chi connectivity index (χ4v) is 3.69. The highest BCUT2D eigenvalue weighted by Gasteiger charge is 2.26. The van der Waals surface area contributed by atoms with E-state index in [9.17, 15) is 13.2 Å². The van der Waals surface area contributed by atoms with E-state index in [2.05, 4.69) is 22.6 Å². The van der Waals surface area contributed by atoms with Crippen LogP contribution in [0, 0.1) is 10.5 Å². The molecule has 0 aromatic heterocycles. The molecule has 2 N–H and O–H groups in total. The van der Waals surface area contributed by atoms with Gasteiger partial charge in [0.05, 0.1) is 10.6 Å². The summed E-state index contributed by atoms with van der Waals surface area (Å²) < 4.78 is 27.6. The number of sulfonamides is 1. The van der Waals surface area contributed by atoms with E-state index in [1.165, 1.54) is 12.1 Å². The molecule has 0 spiro atoms. The molecule has 0 saturated carbocycles. The van der Waals surface area contributed by atoms with Gasteiger partial charge in [0.25, 0.3) is 10.0 Å². The minimum absolute atomic E-state index is 0.123. The molecule has 0 bridgehead atoms. The van der Waals surface area contributed by atoms with Gasteiger partial charge >= 0.3 is 0 Å². The Bertz CT molecular complexity index is 771. The molecule has 0 aliphatic carbocycles. The lowest BCUT2D eigenvalue weighted by Crippen LogP contribution is -2.38. The molecule has 0 heterocycles. The molecule has 2 aromatic carbocycles. The summed E-state index contributed by atoms with van der Waals surface area (Å²) >= 11 is 2.12. The number of benzene rings is 2. The maximum absolute atomic E-state index is 12.8. The second-order valence-corrected chi connectivity index (χ2v) is 7.88. The summed E-state index contributed by atoms with van der Waals surface area (Å²) in [6.07, 6.45) is 0. The Balaban J connectivity index is 2.50. The molecule has 5 nitrogen and oxygen atoms in total. The molecular formula is C15H15IN2O3S. The number of halogens is 1. The van der Waals surface area contributed by atoms with E-state index in [1.807, 2.05) is 6.92 Å². The molecule has 0 atom stereocenters. The Morgan fingerprint density at radius 2 is 1.64 bits per heavy atom. The zero-order valence-corrected chi connectivity index (χ0v) is 14.8. The largest absolute Gasteiger partial charge is 0.368 e. The smallest absolute Gasteiger partial charge is 0.264 e. The zero-order valence-electron chi connectivity index (χ0n) is 11.9. The Hall–Kier alpha value is -1.61. The average Bonchev–Trinajstić information content (AvgIpc) is 2.46. The van der Waals surface area contributed by atoms with Gasteiger partial charge in [0, 0.05) is 3.57 Å². The van der Waals surface area contributed by atoms with Gasteiger partial charge in [0.15, 0.2) is 0 Å². The Kier molecular flexibility index (Phi) is 5.07. The van der Waals surface area contributed by atoms with Gasteiger partial charge < -0.3 is 5.73 Å². The van der Waals surface area contributed by atoms with Gasteiger partial charge in [-0.05, 0) is 65.9 Å². The topological polar surface area (TPSA) is 80.5 Å². The van der Waals surface area contributed by atoms with Crippen LogP contribution < -0.4 is 10.0 Å². The van der Waals surface area contributed by atoms with Crippen molar-refractivity contribution in [2.45, 2.75) is 11.8 Å². The Morgan fingerprint density at radius 1 is 1.09 bits per heavy atom. The first-order chi connectivity index (χ1) is 10.3. The number of hydrogen-bond acceptors (Lipinski definition) is 3. The molecule has 0 fully saturated rings. The molecule has 0 saturated heterocycles. The van der Waals surface area contributed by atoms with E-state index in [0.717, 1.165) is 13.4 Å². The van der Waals surface area contributed by atoms with Crippen molar-refractivity contribution in [3.8, 4) is 0 Å². The minimum Gasteiger partial charge on any atom is -0.368 e. The molecule has 2 aromatic rings. The molecule has 0 aliphatic rings. The highest BCUT2D eigenvalue weighted by Crippen LogP contribution is 2.24. The van der Waals surface area contributed by atoms with Crippen LogP contribution in [0.1, 0.15) is 5.56 Å². The van der Waals surface area contributed by atoms with Crippen LogP contribution in [-0.4, -0.2) is 20.9 Å². The summed E-state index contributed by atoms with van der Waals surface area (Å²) in [5.41, 5.74) is 6.57. The van der Waals surface area contributed by atoms with Crippen LogP contribution in [-0.2, 0) is 14.8 Å². The van der Waals surface area contributed by atoms with Crippen LogP contribution >= 0.6 is 22.6 Å². The molecule has 0 unspecified atom stereocenters. The summed E-state index contributed by atoms with van der Waals surface area (Å²) in [4.78, 5) is 11.4. The first-order valence-corrected chi connectivity index (χ1v) is 8.96. The zero-order chi connectivity index (χ0) is 16.3. The van der Waals surface area contributed by atoms with Gasteiger partial charge in [-0.2, -0.15) is 0 Å². The second kappa shape index (κ2) is 6.66. The third-order valence-corrected chi connectivity index (χ3v) is 5.53. The van der Waals surface area contributed by atoms with Crippen LogP contribution in [0.25, 0.3) is 0 Å². The molecule has 0 radical (unpaired) electrons. The van der Waals surface area contributed by atoms with Crippen molar-refractivity contribution in [3.63, 3.8) is 0 Å². The minimum atomic E-state index is -3.85. The van der Waals surface area contributed by atoms with Gasteiger partial charge in [-0.15, -0.1) is 0 Å². The number of nitrogens with two attached hydrogens (primary N) is 1. The number of anilines is 1. The summed E-state index contributed by atoms with van der Waals surface area (Å²) in [5, 5.41) is 0. The molecule has 7 heteroatoms. The van der Waals surface area contributed by atoms with Crippen molar-refractivity contribution in [3.05, 3.63) is 57.7 Å². The van der Waals surface area contributed by atoms with Crippen LogP contribution in [0.5, 0.6) is 0 Å². The van der Waals surface area contributed by atoms with E-state index >= 15 is 0 Å². The van der Waals surface area contributed by atoms with Gasteiger partial charge in [-0.1, -0.05) is 17.7 Å². The number of amides is 1. The van der Waals surface area contributed by atoms with Crippen molar-refractivity contribution in [1.29, 1.82) is 0 Å². The van der Waals surface area contributed by atoms with E-state index in [4.69, 9.17) is 5.73 Å². The number of carbonyl (C=O) groups excluding carboxylic acids is 1. The van der Waals surface area contributed by atoms with E-state index in [1.54, 1.807) is 36.4 Å². The second-order valence-electron chi connectivity index (χ2n) is 4.77. The van der Waals surface area contributed by atoms with Crippen molar-refractivity contribution < 1.29 is 13.2 Å². The lowest BCUT2D eigenvalue weighted by atomic mass is 10.2. The summed E-state index contributed by atoms with van der Waals surface area (Å²) in [5.74, 6) is -0.714. The normalized spacial score (nSPS) is 11.2. The first kappa shape index (κ1) is 16.8. The maximum atomic E-state index is 12.8. The van der Waals surface area contributed by atoms with Crippen LogP contribution in [0.2, 0.25) is 0 Å². The van der Waals surface area contributed by atoms with Crippen molar-refractivity contribution in [2.24, 2.45) is 5.73 Å². The van der Waals surface area contributed by atoms with Gasteiger partial charge in [-0.3, -0.25) is 9.10 Å². The maximum Gasteiger partial charge on any atom is 0.264 e. The standard InChI is InChI=1S/C15H15IN2O3S/c1-11-2-8-14(9-3-11)22(20,21)18(10-15(17)19)13-6-4-12(16)5-7-13/h2-9H,10H2,1H3,(H2,17,19). The van der Waals surface area contributed by atoms with Crippen LogP contribution in [0.15, 0.2) is 53.4 Å². The van der Waals surface area contributed by atoms with Crippen molar-refractivity contribution >= 4 is 44.2 Å². The number of primary amides is 1. The fourth-order valence-electron chi connectivity index (χ4n) is 1.90. The quantitative estimate of drug-likeness (QED) is 0.740. The average molecular weight is 430 g/mol. The van der Waals surface area contributed by atoms with Crippen molar-refractivity contribution in [1.82, 2.24) is 0 Å². The molecular weight excluding hydrogens is 415 g/mol. The molecule has 116 valence electrons. The van der Waals surface area contributed by atoms with Gasteiger partial charge in [0.2, 0.25) is 5.91 Å².